The van der Waals surface area contributed by atoms with Gasteiger partial charge in [-0.05, 0) is 18.1 Å². The van der Waals surface area contributed by atoms with Gasteiger partial charge in [0, 0.05) is 25.3 Å². The number of sulfonamides is 1. The Balaban J connectivity index is 2.15. The topological polar surface area (TPSA) is 63.1 Å². The summed E-state index contributed by atoms with van der Waals surface area (Å²) in [5, 5.41) is 0. The van der Waals surface area contributed by atoms with Gasteiger partial charge in [0.2, 0.25) is 10.0 Å². The van der Waals surface area contributed by atoms with Gasteiger partial charge in [0.25, 0.3) is 0 Å². The molecule has 0 aliphatic carbocycles. The Labute approximate surface area is 152 Å². The zero-order chi connectivity index (χ0) is 18.4. The molecule has 1 aliphatic heterocycles. The van der Waals surface area contributed by atoms with Gasteiger partial charge in [-0.15, -0.1) is 0 Å². The van der Waals surface area contributed by atoms with Crippen LogP contribution in [0.4, 0.5) is 5.69 Å². The molecular weight excluding hydrogens is 338 g/mol. The van der Waals surface area contributed by atoms with Crippen LogP contribution in [0.5, 0.6) is 0 Å². The Morgan fingerprint density at radius 2 is 1.76 bits per heavy atom. The minimum absolute atomic E-state index is 0.0991. The van der Waals surface area contributed by atoms with E-state index in [2.05, 4.69) is 33.9 Å². The third-order valence-corrected chi connectivity index (χ3v) is 6.21. The van der Waals surface area contributed by atoms with Crippen LogP contribution in [-0.2, 0) is 14.8 Å². The average Bonchev–Trinajstić information content (AvgIpc) is 2.55. The summed E-state index contributed by atoms with van der Waals surface area (Å²) in [4.78, 5) is 3.43. The summed E-state index contributed by atoms with van der Waals surface area (Å²) < 4.78 is 32.8. The molecule has 1 aromatic rings. The lowest BCUT2D eigenvalue weighted by Crippen LogP contribution is -3.15. The van der Waals surface area contributed by atoms with E-state index >= 15 is 0 Å². The van der Waals surface area contributed by atoms with Gasteiger partial charge in [0.1, 0.15) is 19.1 Å². The molecule has 25 heavy (non-hydrogen) atoms. The van der Waals surface area contributed by atoms with Gasteiger partial charge in [-0.2, -0.15) is 0 Å². The number of quaternary nitrogens is 1. The average molecular weight is 371 g/mol. The Morgan fingerprint density at radius 3 is 2.28 bits per heavy atom. The second-order valence-electron chi connectivity index (χ2n) is 7.33. The highest BCUT2D eigenvalue weighted by atomic mass is 32.2. The van der Waals surface area contributed by atoms with E-state index in [1.54, 1.807) is 0 Å². The number of nitrogens with zero attached hydrogens (tertiary/aromatic N) is 1. The van der Waals surface area contributed by atoms with Gasteiger partial charge in [0.15, 0.2) is 0 Å². The van der Waals surface area contributed by atoms with Crippen molar-refractivity contribution < 1.29 is 18.1 Å². The quantitative estimate of drug-likeness (QED) is 0.690. The predicted octanol–water partition coefficient (Wildman–Crippen LogP) is 0.284. The molecule has 6 nitrogen and oxygen atoms in total. The van der Waals surface area contributed by atoms with E-state index in [0.29, 0.717) is 6.54 Å². The molecular formula is C18H32N3O3S+. The van der Waals surface area contributed by atoms with Crippen LogP contribution in [-0.4, -0.2) is 61.1 Å². The molecule has 0 bridgehead atoms. The standard InChI is InChI=1S/C18H31N3O3S/c1-15(2)14-25(22,23)19-13-18(21-9-11-24-12-10-21)16-5-7-17(8-6-16)20(3)4/h5-8,15,18-19H,9-14H2,1-4H3/p+1/t18-/m1/s1. The second kappa shape index (κ2) is 8.98. The molecule has 1 saturated heterocycles. The highest BCUT2D eigenvalue weighted by Crippen LogP contribution is 2.16. The van der Waals surface area contributed by atoms with Gasteiger partial charge < -0.3 is 14.5 Å². The number of morpholine rings is 1. The van der Waals surface area contributed by atoms with Crippen molar-refractivity contribution in [1.29, 1.82) is 0 Å². The number of nitrogens with one attached hydrogen (secondary N) is 2. The fourth-order valence-corrected chi connectivity index (χ4v) is 4.61. The SMILES string of the molecule is CC(C)CS(=O)(=O)NC[C@H](c1ccc(N(C)C)cc1)[NH+]1CCOCC1. The van der Waals surface area contributed by atoms with Crippen molar-refractivity contribution >= 4 is 15.7 Å². The molecule has 0 amide bonds. The maximum Gasteiger partial charge on any atom is 0.212 e. The summed E-state index contributed by atoms with van der Waals surface area (Å²) in [6.45, 7) is 7.50. The van der Waals surface area contributed by atoms with Crippen molar-refractivity contribution in [3.05, 3.63) is 29.8 Å². The van der Waals surface area contributed by atoms with Gasteiger partial charge in [-0.3, -0.25) is 0 Å². The summed E-state index contributed by atoms with van der Waals surface area (Å²) in [6, 6.07) is 8.50. The minimum atomic E-state index is -3.25. The van der Waals surface area contributed by atoms with E-state index < -0.39 is 10.0 Å². The summed E-state index contributed by atoms with van der Waals surface area (Å²) in [6.07, 6.45) is 0. The van der Waals surface area contributed by atoms with E-state index in [9.17, 15) is 8.42 Å². The van der Waals surface area contributed by atoms with E-state index in [0.717, 1.165) is 37.6 Å². The molecule has 1 aliphatic rings. The summed E-state index contributed by atoms with van der Waals surface area (Å²) >= 11 is 0. The number of ether oxygens (including phenoxy) is 1. The first kappa shape index (κ1) is 20.2. The van der Waals surface area contributed by atoms with Gasteiger partial charge >= 0.3 is 0 Å². The molecule has 0 radical (unpaired) electrons. The Bertz CT molecular complexity index is 623. The zero-order valence-electron chi connectivity index (χ0n) is 15.8. The van der Waals surface area contributed by atoms with Crippen molar-refractivity contribution in [2.45, 2.75) is 19.9 Å². The smallest absolute Gasteiger partial charge is 0.212 e. The molecule has 0 saturated carbocycles. The molecule has 0 spiro atoms. The molecule has 142 valence electrons. The highest BCUT2D eigenvalue weighted by molar-refractivity contribution is 7.89. The second-order valence-corrected chi connectivity index (χ2v) is 9.18. The summed E-state index contributed by atoms with van der Waals surface area (Å²) in [5.74, 6) is 0.281. The Hall–Kier alpha value is -1.15. The first-order valence-corrected chi connectivity index (χ1v) is 10.6. The molecule has 0 unspecified atom stereocenters. The van der Waals surface area contributed by atoms with Gasteiger partial charge in [-0.25, -0.2) is 13.1 Å². The van der Waals surface area contributed by atoms with Crippen molar-refractivity contribution in [1.82, 2.24) is 4.72 Å². The zero-order valence-corrected chi connectivity index (χ0v) is 16.6. The lowest BCUT2D eigenvalue weighted by Gasteiger charge is -2.32. The number of rotatable bonds is 8. The molecule has 1 fully saturated rings. The molecule has 2 rings (SSSR count). The predicted molar refractivity (Wildman–Crippen MR) is 102 cm³/mol. The summed E-state index contributed by atoms with van der Waals surface area (Å²) in [7, 11) is 0.780. The fourth-order valence-electron chi connectivity index (χ4n) is 3.19. The number of hydrogen-bond acceptors (Lipinski definition) is 4. The summed E-state index contributed by atoms with van der Waals surface area (Å²) in [5.41, 5.74) is 2.30. The monoisotopic (exact) mass is 370 g/mol. The van der Waals surface area contributed by atoms with Crippen LogP contribution in [0.3, 0.4) is 0 Å². The number of hydrogen-bond donors (Lipinski definition) is 2. The van der Waals surface area contributed by atoms with Crippen LogP contribution in [0.2, 0.25) is 0 Å². The van der Waals surface area contributed by atoms with Crippen molar-refractivity contribution in [2.24, 2.45) is 5.92 Å². The van der Waals surface area contributed by atoms with Crippen LogP contribution in [0.25, 0.3) is 0 Å². The van der Waals surface area contributed by atoms with Crippen molar-refractivity contribution in [3.8, 4) is 0 Å². The molecule has 0 aromatic heterocycles. The number of anilines is 1. The van der Waals surface area contributed by atoms with Crippen LogP contribution in [0, 0.1) is 5.92 Å². The molecule has 2 N–H and O–H groups in total. The number of benzene rings is 1. The Morgan fingerprint density at radius 1 is 1.16 bits per heavy atom. The molecule has 7 heteroatoms. The van der Waals surface area contributed by atoms with Crippen LogP contribution in [0.15, 0.2) is 24.3 Å². The molecule has 1 atom stereocenters. The van der Waals surface area contributed by atoms with E-state index in [4.69, 9.17) is 4.74 Å². The van der Waals surface area contributed by atoms with Crippen LogP contribution < -0.4 is 14.5 Å². The maximum atomic E-state index is 12.3. The maximum absolute atomic E-state index is 12.3. The van der Waals surface area contributed by atoms with E-state index in [1.165, 1.54) is 4.90 Å². The van der Waals surface area contributed by atoms with Gasteiger partial charge in [0.05, 0.1) is 25.5 Å². The fraction of sp³-hybridized carbons (Fsp3) is 0.667. The molecule has 1 aromatic carbocycles. The largest absolute Gasteiger partial charge is 0.378 e. The first-order chi connectivity index (χ1) is 11.8. The molecule has 1 heterocycles. The minimum Gasteiger partial charge on any atom is -0.378 e. The third kappa shape index (κ3) is 6.26. The van der Waals surface area contributed by atoms with E-state index in [1.807, 2.05) is 27.9 Å². The first-order valence-electron chi connectivity index (χ1n) is 8.95. The van der Waals surface area contributed by atoms with Crippen molar-refractivity contribution in [2.75, 3.05) is 57.6 Å². The lowest BCUT2D eigenvalue weighted by atomic mass is 10.0. The van der Waals surface area contributed by atoms with E-state index in [-0.39, 0.29) is 17.7 Å². The lowest BCUT2D eigenvalue weighted by molar-refractivity contribution is -0.937. The Kier molecular flexibility index (Phi) is 7.25. The van der Waals surface area contributed by atoms with Crippen molar-refractivity contribution in [3.63, 3.8) is 0 Å². The highest BCUT2D eigenvalue weighted by Gasteiger charge is 2.28. The third-order valence-electron chi connectivity index (χ3n) is 4.50. The van der Waals surface area contributed by atoms with Gasteiger partial charge in [-0.1, -0.05) is 26.0 Å². The van der Waals surface area contributed by atoms with Crippen LogP contribution in [0.1, 0.15) is 25.5 Å². The normalized spacial score (nSPS) is 17.6. The van der Waals surface area contributed by atoms with Crippen LogP contribution >= 0.6 is 0 Å².